The van der Waals surface area contributed by atoms with Crippen molar-refractivity contribution in [2.24, 2.45) is 0 Å². The molecule has 1 aromatic heterocycles. The first-order chi connectivity index (χ1) is 15.4. The lowest BCUT2D eigenvalue weighted by Gasteiger charge is -2.21. The topological polar surface area (TPSA) is 58.8 Å². The Balaban J connectivity index is 1.36. The van der Waals surface area contributed by atoms with E-state index in [1.165, 1.54) is 0 Å². The number of para-hydroxylation sites is 1. The number of amides is 1. The summed E-state index contributed by atoms with van der Waals surface area (Å²) in [5.74, 6) is 3.09. The van der Waals surface area contributed by atoms with Crippen LogP contribution in [0.1, 0.15) is 49.2 Å². The molecule has 0 radical (unpaired) electrons. The second-order valence-corrected chi connectivity index (χ2v) is 9.23. The highest BCUT2D eigenvalue weighted by Crippen LogP contribution is 2.24. The smallest absolute Gasteiger partial charge is 0.254 e. The molecule has 2 aromatic carbocycles. The van der Waals surface area contributed by atoms with Crippen LogP contribution in [0.5, 0.6) is 11.5 Å². The normalized spacial score (nSPS) is 15.4. The molecule has 0 N–H and O–H groups in total. The zero-order chi connectivity index (χ0) is 22.6. The summed E-state index contributed by atoms with van der Waals surface area (Å²) in [4.78, 5) is 21.8. The van der Waals surface area contributed by atoms with Gasteiger partial charge in [0.15, 0.2) is 0 Å². The summed E-state index contributed by atoms with van der Waals surface area (Å²) in [5.41, 5.74) is 0.598. The predicted octanol–water partition coefficient (Wildman–Crippen LogP) is 5.11. The second-order valence-electron chi connectivity index (χ2n) is 9.23. The minimum absolute atomic E-state index is 0.0384. The standard InChI is InChI=1S/C26H31N3O3/c1-26(2,3)23-18-27-24(32-23)19-28-13-8-14-29(16-15-28)25(30)20-9-7-12-22(17-20)31-21-10-5-4-6-11-21/h4-7,9-12,17-18H,8,13-16,19H2,1-3H3. The third kappa shape index (κ3) is 5.56. The van der Waals surface area contributed by atoms with Crippen molar-refractivity contribution in [3.63, 3.8) is 0 Å². The van der Waals surface area contributed by atoms with Crippen LogP contribution in [0.3, 0.4) is 0 Å². The fourth-order valence-corrected chi connectivity index (χ4v) is 3.75. The summed E-state index contributed by atoms with van der Waals surface area (Å²) in [6.07, 6.45) is 2.74. The predicted molar refractivity (Wildman–Crippen MR) is 124 cm³/mol. The van der Waals surface area contributed by atoms with Crippen molar-refractivity contribution < 1.29 is 13.9 Å². The Morgan fingerprint density at radius 2 is 1.78 bits per heavy atom. The zero-order valence-corrected chi connectivity index (χ0v) is 19.1. The van der Waals surface area contributed by atoms with Gasteiger partial charge in [0.25, 0.3) is 5.91 Å². The summed E-state index contributed by atoms with van der Waals surface area (Å²) < 4.78 is 11.8. The van der Waals surface area contributed by atoms with Crippen LogP contribution in [0.4, 0.5) is 0 Å². The molecule has 1 fully saturated rings. The largest absolute Gasteiger partial charge is 0.457 e. The Morgan fingerprint density at radius 1 is 1.00 bits per heavy atom. The molecule has 0 aliphatic carbocycles. The molecule has 0 unspecified atom stereocenters. The lowest BCUT2D eigenvalue weighted by Crippen LogP contribution is -2.35. The molecule has 6 heteroatoms. The Kier molecular flexibility index (Phi) is 6.61. The molecule has 1 aliphatic rings. The van der Waals surface area contributed by atoms with Crippen LogP contribution in [-0.2, 0) is 12.0 Å². The lowest BCUT2D eigenvalue weighted by atomic mass is 9.94. The van der Waals surface area contributed by atoms with Crippen molar-refractivity contribution in [3.8, 4) is 11.5 Å². The molecule has 0 bridgehead atoms. The van der Waals surface area contributed by atoms with Gasteiger partial charge in [-0.15, -0.1) is 0 Å². The number of oxazole rings is 1. The lowest BCUT2D eigenvalue weighted by molar-refractivity contribution is 0.0760. The maximum Gasteiger partial charge on any atom is 0.254 e. The van der Waals surface area contributed by atoms with Gasteiger partial charge < -0.3 is 14.1 Å². The van der Waals surface area contributed by atoms with Gasteiger partial charge in [-0.05, 0) is 36.8 Å². The fourth-order valence-electron chi connectivity index (χ4n) is 3.75. The molecule has 2 heterocycles. The van der Waals surface area contributed by atoms with E-state index in [1.807, 2.05) is 65.7 Å². The van der Waals surface area contributed by atoms with Crippen molar-refractivity contribution in [2.75, 3.05) is 26.2 Å². The van der Waals surface area contributed by atoms with Gasteiger partial charge in [0.05, 0.1) is 12.7 Å². The number of carbonyl (C=O) groups is 1. The zero-order valence-electron chi connectivity index (χ0n) is 19.1. The number of carbonyl (C=O) groups excluding carboxylic acids is 1. The monoisotopic (exact) mass is 433 g/mol. The summed E-state index contributed by atoms with van der Waals surface area (Å²) in [6, 6.07) is 17.0. The molecule has 6 nitrogen and oxygen atoms in total. The highest BCUT2D eigenvalue weighted by atomic mass is 16.5. The summed E-state index contributed by atoms with van der Waals surface area (Å²) in [5, 5.41) is 0. The molecule has 0 spiro atoms. The van der Waals surface area contributed by atoms with E-state index in [4.69, 9.17) is 9.15 Å². The Labute approximate surface area is 189 Å². The molecule has 168 valence electrons. The van der Waals surface area contributed by atoms with Gasteiger partial charge in [-0.25, -0.2) is 4.98 Å². The van der Waals surface area contributed by atoms with Crippen molar-refractivity contribution >= 4 is 5.91 Å². The van der Waals surface area contributed by atoms with Crippen LogP contribution in [-0.4, -0.2) is 46.9 Å². The molecular formula is C26H31N3O3. The third-order valence-electron chi connectivity index (χ3n) is 5.59. The van der Waals surface area contributed by atoms with Gasteiger partial charge >= 0.3 is 0 Å². The molecule has 0 atom stereocenters. The first-order valence-electron chi connectivity index (χ1n) is 11.2. The minimum Gasteiger partial charge on any atom is -0.457 e. The fraction of sp³-hybridized carbons (Fsp3) is 0.385. The van der Waals surface area contributed by atoms with E-state index in [9.17, 15) is 4.79 Å². The van der Waals surface area contributed by atoms with Gasteiger partial charge in [0.2, 0.25) is 5.89 Å². The average molecular weight is 434 g/mol. The van der Waals surface area contributed by atoms with Crippen molar-refractivity contribution in [1.29, 1.82) is 0 Å². The molecule has 1 aliphatic heterocycles. The number of hydrogen-bond acceptors (Lipinski definition) is 5. The van der Waals surface area contributed by atoms with Gasteiger partial charge in [-0.1, -0.05) is 45.0 Å². The van der Waals surface area contributed by atoms with Gasteiger partial charge in [0.1, 0.15) is 17.3 Å². The van der Waals surface area contributed by atoms with Gasteiger partial charge in [-0.2, -0.15) is 0 Å². The number of benzene rings is 2. The van der Waals surface area contributed by atoms with Crippen LogP contribution in [0.2, 0.25) is 0 Å². The van der Waals surface area contributed by atoms with Gasteiger partial charge in [-0.3, -0.25) is 9.69 Å². The molecule has 32 heavy (non-hydrogen) atoms. The first-order valence-corrected chi connectivity index (χ1v) is 11.2. The third-order valence-corrected chi connectivity index (χ3v) is 5.59. The van der Waals surface area contributed by atoms with Crippen molar-refractivity contribution in [3.05, 3.63) is 78.0 Å². The van der Waals surface area contributed by atoms with E-state index in [2.05, 4.69) is 30.7 Å². The highest BCUT2D eigenvalue weighted by molar-refractivity contribution is 5.94. The SMILES string of the molecule is CC(C)(C)c1cnc(CN2CCCN(C(=O)c3cccc(Oc4ccccc4)c3)CC2)o1. The highest BCUT2D eigenvalue weighted by Gasteiger charge is 2.23. The molecule has 0 saturated carbocycles. The summed E-state index contributed by atoms with van der Waals surface area (Å²) in [7, 11) is 0. The van der Waals surface area contributed by atoms with E-state index >= 15 is 0 Å². The summed E-state index contributed by atoms with van der Waals surface area (Å²) >= 11 is 0. The molecular weight excluding hydrogens is 402 g/mol. The van der Waals surface area contributed by atoms with Crippen LogP contribution in [0.25, 0.3) is 0 Å². The second kappa shape index (κ2) is 9.57. The average Bonchev–Trinajstić information content (AvgIpc) is 3.13. The van der Waals surface area contributed by atoms with E-state index in [0.717, 1.165) is 43.5 Å². The van der Waals surface area contributed by atoms with Crippen LogP contribution in [0.15, 0.2) is 65.2 Å². The van der Waals surface area contributed by atoms with Crippen LogP contribution in [0, 0.1) is 0 Å². The Morgan fingerprint density at radius 3 is 2.53 bits per heavy atom. The number of rotatable bonds is 5. The first kappa shape index (κ1) is 22.1. The molecule has 1 saturated heterocycles. The minimum atomic E-state index is -0.0496. The number of ether oxygens (including phenoxy) is 1. The van der Waals surface area contributed by atoms with Crippen LogP contribution < -0.4 is 4.74 Å². The van der Waals surface area contributed by atoms with E-state index < -0.39 is 0 Å². The number of hydrogen-bond donors (Lipinski definition) is 0. The summed E-state index contributed by atoms with van der Waals surface area (Å²) in [6.45, 7) is 10.1. The van der Waals surface area contributed by atoms with Crippen molar-refractivity contribution in [2.45, 2.75) is 39.2 Å². The maximum atomic E-state index is 13.2. The Bertz CT molecular complexity index is 1040. The number of aromatic nitrogens is 1. The quantitative estimate of drug-likeness (QED) is 0.559. The molecule has 3 aromatic rings. The molecule has 1 amide bonds. The van der Waals surface area contributed by atoms with E-state index in [0.29, 0.717) is 24.4 Å². The maximum absolute atomic E-state index is 13.2. The van der Waals surface area contributed by atoms with E-state index in [1.54, 1.807) is 0 Å². The van der Waals surface area contributed by atoms with Crippen molar-refractivity contribution in [1.82, 2.24) is 14.8 Å². The van der Waals surface area contributed by atoms with Gasteiger partial charge in [0, 0.05) is 37.2 Å². The van der Waals surface area contributed by atoms with E-state index in [-0.39, 0.29) is 11.3 Å². The Hall–Kier alpha value is -3.12. The number of nitrogens with zero attached hydrogens (tertiary/aromatic N) is 3. The molecule has 4 rings (SSSR count). The van der Waals surface area contributed by atoms with Crippen LogP contribution >= 0.6 is 0 Å².